The van der Waals surface area contributed by atoms with Gasteiger partial charge in [0.1, 0.15) is 0 Å². The first-order valence-electron chi connectivity index (χ1n) is 7.43. The molecule has 0 spiro atoms. The molecule has 0 saturated heterocycles. The summed E-state index contributed by atoms with van der Waals surface area (Å²) in [6.45, 7) is 1.56. The van der Waals surface area contributed by atoms with Crippen LogP contribution in [0.4, 0.5) is 5.69 Å². The van der Waals surface area contributed by atoms with Crippen LogP contribution in [0.15, 0.2) is 47.9 Å². The second-order valence-electron chi connectivity index (χ2n) is 5.35. The van der Waals surface area contributed by atoms with Crippen LogP contribution < -0.4 is 10.6 Å². The molecule has 130 valence electrons. The van der Waals surface area contributed by atoms with E-state index in [1.54, 1.807) is 36.8 Å². The van der Waals surface area contributed by atoms with Crippen LogP contribution >= 0.6 is 12.2 Å². The van der Waals surface area contributed by atoms with Crippen LogP contribution in [-0.2, 0) is 16.6 Å². The van der Waals surface area contributed by atoms with E-state index in [0.717, 1.165) is 13.0 Å². The van der Waals surface area contributed by atoms with Gasteiger partial charge >= 0.3 is 0 Å². The third kappa shape index (κ3) is 5.02. The highest BCUT2D eigenvalue weighted by Crippen LogP contribution is 2.17. The maximum atomic E-state index is 12.1. The molecule has 0 radical (unpaired) electrons. The minimum atomic E-state index is -3.46. The molecule has 2 N–H and O–H groups in total. The molecule has 2 rings (SSSR count). The number of nitrogens with one attached hydrogen (secondary N) is 2. The van der Waals surface area contributed by atoms with Crippen molar-refractivity contribution in [2.75, 3.05) is 26.0 Å². The van der Waals surface area contributed by atoms with E-state index >= 15 is 0 Å². The number of benzene rings is 1. The van der Waals surface area contributed by atoms with Crippen molar-refractivity contribution in [3.8, 4) is 0 Å². The van der Waals surface area contributed by atoms with Gasteiger partial charge in [0.2, 0.25) is 10.0 Å². The Morgan fingerprint density at radius 3 is 2.83 bits per heavy atom. The van der Waals surface area contributed by atoms with E-state index in [4.69, 9.17) is 12.2 Å². The van der Waals surface area contributed by atoms with E-state index in [-0.39, 0.29) is 4.90 Å². The van der Waals surface area contributed by atoms with Crippen LogP contribution in [0.2, 0.25) is 0 Å². The Hall–Kier alpha value is -1.97. The zero-order valence-electron chi connectivity index (χ0n) is 13.6. The summed E-state index contributed by atoms with van der Waals surface area (Å²) in [5, 5.41) is 6.56. The largest absolute Gasteiger partial charge is 0.362 e. The van der Waals surface area contributed by atoms with Gasteiger partial charge in [-0.05, 0) is 36.8 Å². The summed E-state index contributed by atoms with van der Waals surface area (Å²) in [5.74, 6) is 0. The van der Waals surface area contributed by atoms with Gasteiger partial charge in [-0.15, -0.1) is 0 Å². The lowest BCUT2D eigenvalue weighted by molar-refractivity contribution is 0.521. The Labute approximate surface area is 147 Å². The number of rotatable bonds is 7. The lowest BCUT2D eigenvalue weighted by atomic mass is 10.3. The standard InChI is InChI=1S/C15H21N5O2S2/c1-19(2)24(21,22)14-6-3-5-13(11-14)18-15(23)17-7-4-9-20-10-8-16-12-20/h3,5-6,8,10-12H,4,7,9H2,1-2H3,(H2,17,18,23). The number of aromatic nitrogens is 2. The molecule has 0 aliphatic heterocycles. The predicted molar refractivity (Wildman–Crippen MR) is 98.4 cm³/mol. The average molecular weight is 368 g/mol. The smallest absolute Gasteiger partial charge is 0.242 e. The van der Waals surface area contributed by atoms with Crippen LogP contribution in [-0.4, -0.2) is 48.0 Å². The average Bonchev–Trinajstić information content (AvgIpc) is 3.05. The first-order chi connectivity index (χ1) is 11.4. The van der Waals surface area contributed by atoms with E-state index in [1.807, 2.05) is 10.8 Å². The molecule has 24 heavy (non-hydrogen) atoms. The van der Waals surface area contributed by atoms with Crippen molar-refractivity contribution in [2.24, 2.45) is 0 Å². The highest BCUT2D eigenvalue weighted by molar-refractivity contribution is 7.89. The number of anilines is 1. The maximum absolute atomic E-state index is 12.1. The molecule has 0 saturated carbocycles. The molecule has 0 amide bonds. The van der Waals surface area contributed by atoms with Crippen LogP contribution in [0.3, 0.4) is 0 Å². The summed E-state index contributed by atoms with van der Waals surface area (Å²) in [6, 6.07) is 6.57. The topological polar surface area (TPSA) is 79.3 Å². The van der Waals surface area contributed by atoms with E-state index in [0.29, 0.717) is 17.3 Å². The van der Waals surface area contributed by atoms with Crippen molar-refractivity contribution >= 4 is 33.0 Å². The van der Waals surface area contributed by atoms with Gasteiger partial charge in [-0.3, -0.25) is 0 Å². The fourth-order valence-electron chi connectivity index (χ4n) is 2.00. The SMILES string of the molecule is CN(C)S(=O)(=O)c1cccc(NC(=S)NCCCn2ccnc2)c1. The summed E-state index contributed by atoms with van der Waals surface area (Å²) in [5.41, 5.74) is 0.630. The molecule has 1 heterocycles. The highest BCUT2D eigenvalue weighted by Gasteiger charge is 2.17. The number of sulfonamides is 1. The molecule has 0 bridgehead atoms. The fourth-order valence-corrected chi connectivity index (χ4v) is 3.17. The van der Waals surface area contributed by atoms with Crippen molar-refractivity contribution in [3.05, 3.63) is 43.0 Å². The molecule has 0 fully saturated rings. The summed E-state index contributed by atoms with van der Waals surface area (Å²) < 4.78 is 27.4. The van der Waals surface area contributed by atoms with E-state index in [2.05, 4.69) is 15.6 Å². The minimum Gasteiger partial charge on any atom is -0.362 e. The zero-order chi connectivity index (χ0) is 17.6. The van der Waals surface area contributed by atoms with Crippen LogP contribution in [0, 0.1) is 0 Å². The summed E-state index contributed by atoms with van der Waals surface area (Å²) in [4.78, 5) is 4.21. The van der Waals surface area contributed by atoms with Gasteiger partial charge < -0.3 is 15.2 Å². The third-order valence-corrected chi connectivity index (χ3v) is 5.37. The van der Waals surface area contributed by atoms with Crippen LogP contribution in [0.1, 0.15) is 6.42 Å². The quantitative estimate of drug-likeness (QED) is 0.570. The normalized spacial score (nSPS) is 11.5. The number of imidazole rings is 1. The van der Waals surface area contributed by atoms with Gasteiger partial charge in [-0.2, -0.15) is 0 Å². The molecular formula is C15H21N5O2S2. The Morgan fingerprint density at radius 1 is 1.38 bits per heavy atom. The molecule has 0 atom stereocenters. The van der Waals surface area contributed by atoms with Gasteiger partial charge in [0.25, 0.3) is 0 Å². The predicted octanol–water partition coefficient (Wildman–Crippen LogP) is 1.51. The second-order valence-corrected chi connectivity index (χ2v) is 7.91. The van der Waals surface area contributed by atoms with Gasteiger partial charge in [0.05, 0.1) is 11.2 Å². The maximum Gasteiger partial charge on any atom is 0.242 e. The summed E-state index contributed by atoms with van der Waals surface area (Å²) in [7, 11) is -0.456. The molecule has 0 unspecified atom stereocenters. The van der Waals surface area contributed by atoms with Crippen molar-refractivity contribution in [1.29, 1.82) is 0 Å². The Kier molecular flexibility index (Phi) is 6.29. The Balaban J connectivity index is 1.85. The van der Waals surface area contributed by atoms with Crippen molar-refractivity contribution in [1.82, 2.24) is 19.2 Å². The third-order valence-electron chi connectivity index (χ3n) is 3.31. The van der Waals surface area contributed by atoms with Gasteiger partial charge in [-0.25, -0.2) is 17.7 Å². The lowest BCUT2D eigenvalue weighted by Crippen LogP contribution is -2.30. The molecule has 2 aromatic rings. The second kappa shape index (κ2) is 8.22. The van der Waals surface area contributed by atoms with Crippen molar-refractivity contribution < 1.29 is 8.42 Å². The zero-order valence-corrected chi connectivity index (χ0v) is 15.3. The molecule has 1 aromatic heterocycles. The lowest BCUT2D eigenvalue weighted by Gasteiger charge is -2.14. The number of aryl methyl sites for hydroxylation is 1. The summed E-state index contributed by atoms with van der Waals surface area (Å²) in [6.07, 6.45) is 6.32. The Bertz CT molecular complexity index is 773. The molecular weight excluding hydrogens is 346 g/mol. The van der Waals surface area contributed by atoms with Crippen LogP contribution in [0.5, 0.6) is 0 Å². The monoisotopic (exact) mass is 367 g/mol. The fraction of sp³-hybridized carbons (Fsp3) is 0.333. The first-order valence-corrected chi connectivity index (χ1v) is 9.27. The van der Waals surface area contributed by atoms with E-state index in [1.165, 1.54) is 18.4 Å². The molecule has 1 aromatic carbocycles. The Morgan fingerprint density at radius 2 is 2.17 bits per heavy atom. The van der Waals surface area contributed by atoms with Gasteiger partial charge in [0, 0.05) is 45.3 Å². The van der Waals surface area contributed by atoms with Crippen molar-refractivity contribution in [3.63, 3.8) is 0 Å². The van der Waals surface area contributed by atoms with Gasteiger partial charge in [-0.1, -0.05) is 6.07 Å². The first kappa shape index (κ1) is 18.4. The van der Waals surface area contributed by atoms with Gasteiger partial charge in [0.15, 0.2) is 5.11 Å². The number of nitrogens with zero attached hydrogens (tertiary/aromatic N) is 3. The molecule has 0 aliphatic carbocycles. The molecule has 7 nitrogen and oxygen atoms in total. The molecule has 9 heteroatoms. The van der Waals surface area contributed by atoms with E-state index in [9.17, 15) is 8.42 Å². The van der Waals surface area contributed by atoms with E-state index < -0.39 is 10.0 Å². The summed E-state index contributed by atoms with van der Waals surface area (Å²) >= 11 is 5.24. The van der Waals surface area contributed by atoms with Crippen LogP contribution in [0.25, 0.3) is 0 Å². The number of hydrogen-bond acceptors (Lipinski definition) is 4. The number of hydrogen-bond donors (Lipinski definition) is 2. The van der Waals surface area contributed by atoms with Crippen molar-refractivity contribution in [2.45, 2.75) is 17.9 Å². The number of thiocarbonyl (C=S) groups is 1. The highest BCUT2D eigenvalue weighted by atomic mass is 32.2. The molecule has 0 aliphatic rings. The minimum absolute atomic E-state index is 0.223.